The van der Waals surface area contributed by atoms with Crippen LogP contribution in [-0.4, -0.2) is 45.4 Å². The summed E-state index contributed by atoms with van der Waals surface area (Å²) in [6, 6.07) is 8.43. The van der Waals surface area contributed by atoms with Crippen molar-refractivity contribution in [1.82, 2.24) is 10.6 Å². The summed E-state index contributed by atoms with van der Waals surface area (Å²) < 4.78 is 10.8. The van der Waals surface area contributed by atoms with Crippen LogP contribution in [0, 0.1) is 0 Å². The van der Waals surface area contributed by atoms with Gasteiger partial charge in [-0.3, -0.25) is 4.79 Å². The first-order chi connectivity index (χ1) is 11.7. The first-order valence-electron chi connectivity index (χ1n) is 8.94. The third-order valence-electron chi connectivity index (χ3n) is 5.30. The maximum atomic E-state index is 12.3. The zero-order valence-electron chi connectivity index (χ0n) is 14.9. The van der Waals surface area contributed by atoms with Gasteiger partial charge in [0.2, 0.25) is 5.91 Å². The highest BCUT2D eigenvalue weighted by molar-refractivity contribution is 5.85. The Hall–Kier alpha value is -1.30. The van der Waals surface area contributed by atoms with E-state index in [-0.39, 0.29) is 29.8 Å². The summed E-state index contributed by atoms with van der Waals surface area (Å²) in [6.07, 6.45) is 5.14. The van der Waals surface area contributed by atoms with Crippen LogP contribution in [0.25, 0.3) is 0 Å². The summed E-state index contributed by atoms with van der Waals surface area (Å²) >= 11 is 0. The number of ether oxygens (including phenoxy) is 2. The van der Waals surface area contributed by atoms with Crippen LogP contribution in [-0.2, 0) is 14.9 Å². The maximum absolute atomic E-state index is 12.3. The normalized spacial score (nSPS) is 22.0. The number of nitrogens with one attached hydrogen (secondary N) is 2. The fraction of sp³-hybridized carbons (Fsp3) is 0.632. The van der Waals surface area contributed by atoms with Crippen molar-refractivity contribution in [2.24, 2.45) is 0 Å². The molecule has 1 unspecified atom stereocenters. The van der Waals surface area contributed by atoms with Crippen LogP contribution < -0.4 is 15.4 Å². The fourth-order valence-electron chi connectivity index (χ4n) is 3.89. The molecule has 1 saturated heterocycles. The van der Waals surface area contributed by atoms with Crippen molar-refractivity contribution in [3.8, 4) is 5.75 Å². The molecule has 1 heterocycles. The predicted octanol–water partition coefficient (Wildman–Crippen LogP) is 2.42. The van der Waals surface area contributed by atoms with Crippen molar-refractivity contribution in [3.63, 3.8) is 0 Å². The quantitative estimate of drug-likeness (QED) is 0.809. The first kappa shape index (κ1) is 20.0. The summed E-state index contributed by atoms with van der Waals surface area (Å²) in [7, 11) is 1.70. The average molecular weight is 369 g/mol. The van der Waals surface area contributed by atoms with E-state index in [2.05, 4.69) is 22.8 Å². The highest BCUT2D eigenvalue weighted by atomic mass is 35.5. The van der Waals surface area contributed by atoms with Gasteiger partial charge in [-0.1, -0.05) is 25.0 Å². The number of hydrogen-bond acceptors (Lipinski definition) is 4. The number of carbonyl (C=O) groups excluding carboxylic acids is 1. The zero-order valence-corrected chi connectivity index (χ0v) is 15.7. The number of rotatable bonds is 6. The summed E-state index contributed by atoms with van der Waals surface area (Å²) in [5.74, 6) is 0.987. The second-order valence-electron chi connectivity index (χ2n) is 6.93. The molecule has 1 aromatic carbocycles. The molecule has 3 rings (SSSR count). The van der Waals surface area contributed by atoms with Gasteiger partial charge >= 0.3 is 0 Å². The number of amides is 1. The summed E-state index contributed by atoms with van der Waals surface area (Å²) in [6.45, 7) is 2.88. The van der Waals surface area contributed by atoms with E-state index in [1.165, 1.54) is 18.4 Å². The largest absolute Gasteiger partial charge is 0.497 e. The summed E-state index contributed by atoms with van der Waals surface area (Å²) in [4.78, 5) is 12.3. The Balaban J connectivity index is 0.00000225. The van der Waals surface area contributed by atoms with E-state index in [1.807, 2.05) is 12.1 Å². The van der Waals surface area contributed by atoms with Crippen molar-refractivity contribution >= 4 is 18.3 Å². The molecular weight excluding hydrogens is 340 g/mol. The number of hydrogen-bond donors (Lipinski definition) is 2. The molecule has 0 aromatic heterocycles. The molecule has 6 heteroatoms. The van der Waals surface area contributed by atoms with Crippen molar-refractivity contribution < 1.29 is 14.3 Å². The van der Waals surface area contributed by atoms with E-state index in [0.717, 1.165) is 31.7 Å². The van der Waals surface area contributed by atoms with Gasteiger partial charge in [0.05, 0.1) is 20.3 Å². The SMILES string of the molecule is COc1cccc(C2(CNC(=O)CC3COCCN3)CCCC2)c1.Cl. The highest BCUT2D eigenvalue weighted by Crippen LogP contribution is 2.41. The molecular formula is C19H29ClN2O3. The predicted molar refractivity (Wildman–Crippen MR) is 101 cm³/mol. The molecule has 2 fully saturated rings. The van der Waals surface area contributed by atoms with Gasteiger partial charge in [0, 0.05) is 31.0 Å². The molecule has 0 radical (unpaired) electrons. The minimum absolute atomic E-state index is 0. The second-order valence-corrected chi connectivity index (χ2v) is 6.93. The lowest BCUT2D eigenvalue weighted by atomic mass is 9.78. The Kier molecular flexibility index (Phi) is 7.54. The van der Waals surface area contributed by atoms with E-state index in [4.69, 9.17) is 9.47 Å². The van der Waals surface area contributed by atoms with Crippen LogP contribution in [0.15, 0.2) is 24.3 Å². The molecule has 1 aliphatic heterocycles. The fourth-order valence-corrected chi connectivity index (χ4v) is 3.89. The Morgan fingerprint density at radius 3 is 2.88 bits per heavy atom. The standard InChI is InChI=1S/C19H28N2O3.ClH/c1-23-17-6-4-5-15(11-17)19(7-2-3-8-19)14-21-18(22)12-16-13-24-10-9-20-16;/h4-6,11,16,20H,2-3,7-10,12-14H2,1H3,(H,21,22);1H. The third-order valence-corrected chi connectivity index (χ3v) is 5.30. The van der Waals surface area contributed by atoms with Gasteiger partial charge in [0.1, 0.15) is 5.75 Å². The van der Waals surface area contributed by atoms with Gasteiger partial charge in [-0.15, -0.1) is 12.4 Å². The minimum atomic E-state index is 0. The lowest BCUT2D eigenvalue weighted by molar-refractivity contribution is -0.122. The van der Waals surface area contributed by atoms with Crippen molar-refractivity contribution in [2.45, 2.75) is 43.6 Å². The van der Waals surface area contributed by atoms with Gasteiger partial charge < -0.3 is 20.1 Å². The molecule has 0 spiro atoms. The lowest BCUT2D eigenvalue weighted by Gasteiger charge is -2.31. The monoisotopic (exact) mass is 368 g/mol. The van der Waals surface area contributed by atoms with Gasteiger partial charge in [-0.25, -0.2) is 0 Å². The van der Waals surface area contributed by atoms with Crippen LogP contribution in [0.1, 0.15) is 37.7 Å². The summed E-state index contributed by atoms with van der Waals surface area (Å²) in [5.41, 5.74) is 1.32. The van der Waals surface area contributed by atoms with Gasteiger partial charge in [0.15, 0.2) is 0 Å². The van der Waals surface area contributed by atoms with Crippen LogP contribution in [0.5, 0.6) is 5.75 Å². The van der Waals surface area contributed by atoms with E-state index < -0.39 is 0 Å². The van der Waals surface area contributed by atoms with Crippen LogP contribution in [0.2, 0.25) is 0 Å². The van der Waals surface area contributed by atoms with Gasteiger partial charge in [-0.05, 0) is 30.5 Å². The molecule has 1 amide bonds. The molecule has 5 nitrogen and oxygen atoms in total. The Bertz CT molecular complexity index is 555. The van der Waals surface area contributed by atoms with Crippen LogP contribution in [0.3, 0.4) is 0 Å². The molecule has 0 bridgehead atoms. The minimum Gasteiger partial charge on any atom is -0.497 e. The smallest absolute Gasteiger partial charge is 0.221 e. The number of methoxy groups -OCH3 is 1. The second kappa shape index (κ2) is 9.41. The van der Waals surface area contributed by atoms with E-state index in [0.29, 0.717) is 19.6 Å². The highest BCUT2D eigenvalue weighted by Gasteiger charge is 2.36. The molecule has 2 aliphatic rings. The molecule has 25 heavy (non-hydrogen) atoms. The molecule has 140 valence electrons. The van der Waals surface area contributed by atoms with Crippen molar-refractivity contribution in [1.29, 1.82) is 0 Å². The maximum Gasteiger partial charge on any atom is 0.221 e. The first-order valence-corrected chi connectivity index (χ1v) is 8.94. The molecule has 1 aliphatic carbocycles. The number of halogens is 1. The Morgan fingerprint density at radius 1 is 1.40 bits per heavy atom. The van der Waals surface area contributed by atoms with E-state index >= 15 is 0 Å². The number of morpholine rings is 1. The third kappa shape index (κ3) is 5.09. The molecule has 2 N–H and O–H groups in total. The number of benzene rings is 1. The molecule has 1 aromatic rings. The summed E-state index contributed by atoms with van der Waals surface area (Å²) in [5, 5.41) is 6.51. The average Bonchev–Trinajstić information content (AvgIpc) is 3.11. The van der Waals surface area contributed by atoms with Crippen molar-refractivity contribution in [2.75, 3.05) is 33.4 Å². The zero-order chi connectivity index (χ0) is 16.8. The van der Waals surface area contributed by atoms with E-state index in [1.54, 1.807) is 7.11 Å². The van der Waals surface area contributed by atoms with Crippen LogP contribution >= 0.6 is 12.4 Å². The lowest BCUT2D eigenvalue weighted by Crippen LogP contribution is -2.46. The topological polar surface area (TPSA) is 59.6 Å². The molecule has 1 atom stereocenters. The Labute approximate surface area is 156 Å². The van der Waals surface area contributed by atoms with Gasteiger partial charge in [-0.2, -0.15) is 0 Å². The van der Waals surface area contributed by atoms with E-state index in [9.17, 15) is 4.79 Å². The molecule has 1 saturated carbocycles. The van der Waals surface area contributed by atoms with Crippen molar-refractivity contribution in [3.05, 3.63) is 29.8 Å². The Morgan fingerprint density at radius 2 is 2.20 bits per heavy atom. The van der Waals surface area contributed by atoms with Crippen LogP contribution in [0.4, 0.5) is 0 Å². The van der Waals surface area contributed by atoms with Gasteiger partial charge in [0.25, 0.3) is 0 Å². The number of carbonyl (C=O) groups is 1.